The zero-order valence-electron chi connectivity index (χ0n) is 19.5. The SMILES string of the molecule is CCC(N)C1CN(c2ncnc3cc(OC)c(OC)cc23)CC1Oc1cnc2ccccc2n1. The average molecular weight is 461 g/mol. The monoisotopic (exact) mass is 460 g/mol. The maximum Gasteiger partial charge on any atom is 0.233 e. The summed E-state index contributed by atoms with van der Waals surface area (Å²) in [5.41, 5.74) is 8.95. The van der Waals surface area contributed by atoms with Crippen LogP contribution in [-0.4, -0.2) is 59.4 Å². The van der Waals surface area contributed by atoms with Gasteiger partial charge in [-0.05, 0) is 24.6 Å². The molecule has 4 aromatic rings. The molecule has 1 aliphatic heterocycles. The van der Waals surface area contributed by atoms with E-state index in [-0.39, 0.29) is 18.1 Å². The van der Waals surface area contributed by atoms with E-state index in [1.54, 1.807) is 26.7 Å². The highest BCUT2D eigenvalue weighted by Gasteiger charge is 2.39. The fourth-order valence-electron chi connectivity index (χ4n) is 4.58. The van der Waals surface area contributed by atoms with E-state index in [1.807, 2.05) is 36.4 Å². The normalized spacial score (nSPS) is 18.9. The molecule has 1 fully saturated rings. The lowest BCUT2D eigenvalue weighted by atomic mass is 9.95. The highest BCUT2D eigenvalue weighted by molar-refractivity contribution is 5.92. The molecule has 34 heavy (non-hydrogen) atoms. The number of rotatable bonds is 7. The molecule has 0 amide bonds. The number of ether oxygens (including phenoxy) is 3. The van der Waals surface area contributed by atoms with Gasteiger partial charge >= 0.3 is 0 Å². The second-order valence-electron chi connectivity index (χ2n) is 8.42. The van der Waals surface area contributed by atoms with Crippen LogP contribution >= 0.6 is 0 Å². The van der Waals surface area contributed by atoms with Gasteiger partial charge in [-0.15, -0.1) is 0 Å². The predicted octanol–water partition coefficient (Wildman–Crippen LogP) is 3.21. The Morgan fingerprint density at radius 2 is 1.76 bits per heavy atom. The topological polar surface area (TPSA) is 109 Å². The van der Waals surface area contributed by atoms with Crippen molar-refractivity contribution < 1.29 is 14.2 Å². The summed E-state index contributed by atoms with van der Waals surface area (Å²) in [6, 6.07) is 11.5. The average Bonchev–Trinajstić information content (AvgIpc) is 3.30. The van der Waals surface area contributed by atoms with Crippen molar-refractivity contribution in [1.29, 1.82) is 0 Å². The van der Waals surface area contributed by atoms with E-state index >= 15 is 0 Å². The summed E-state index contributed by atoms with van der Waals surface area (Å²) in [4.78, 5) is 20.4. The number of benzene rings is 2. The number of aromatic nitrogens is 4. The molecule has 3 atom stereocenters. The Balaban J connectivity index is 1.48. The second-order valence-corrected chi connectivity index (χ2v) is 8.42. The molecule has 2 aromatic heterocycles. The van der Waals surface area contributed by atoms with Crippen LogP contribution in [0.2, 0.25) is 0 Å². The van der Waals surface area contributed by atoms with Crippen LogP contribution in [0.3, 0.4) is 0 Å². The number of fused-ring (bicyclic) bond motifs is 2. The molecule has 9 heteroatoms. The molecule has 1 saturated heterocycles. The molecule has 176 valence electrons. The number of nitrogens with two attached hydrogens (primary N) is 1. The molecular weight excluding hydrogens is 432 g/mol. The molecule has 0 aliphatic carbocycles. The maximum atomic E-state index is 6.54. The van der Waals surface area contributed by atoms with Crippen molar-refractivity contribution >= 4 is 27.8 Å². The first-order valence-electron chi connectivity index (χ1n) is 11.4. The van der Waals surface area contributed by atoms with Crippen molar-refractivity contribution in [3.05, 3.63) is 48.9 Å². The van der Waals surface area contributed by atoms with E-state index in [1.165, 1.54) is 0 Å². The van der Waals surface area contributed by atoms with Gasteiger partial charge in [-0.3, -0.25) is 0 Å². The fraction of sp³-hybridized carbons (Fsp3) is 0.360. The fourth-order valence-corrected chi connectivity index (χ4v) is 4.58. The third-order valence-corrected chi connectivity index (χ3v) is 6.45. The third-order valence-electron chi connectivity index (χ3n) is 6.45. The molecule has 3 heterocycles. The molecule has 0 saturated carbocycles. The third kappa shape index (κ3) is 4.03. The minimum atomic E-state index is -0.157. The van der Waals surface area contributed by atoms with Gasteiger partial charge in [0.15, 0.2) is 11.5 Å². The second kappa shape index (κ2) is 9.26. The number of anilines is 1. The molecule has 1 aliphatic rings. The number of para-hydroxylation sites is 2. The summed E-state index contributed by atoms with van der Waals surface area (Å²) in [6.07, 6.45) is 3.94. The van der Waals surface area contributed by atoms with Gasteiger partial charge in [0, 0.05) is 30.0 Å². The Bertz CT molecular complexity index is 1320. The van der Waals surface area contributed by atoms with Crippen molar-refractivity contribution in [2.45, 2.75) is 25.5 Å². The first kappa shape index (κ1) is 22.1. The standard InChI is InChI=1S/C25H28N6O3/c1-4-17(26)16-12-31(13-23(16)34-24-11-27-18-7-5-6-8-19(18)30-24)25-15-9-21(32-2)22(33-3)10-20(15)28-14-29-25/h5-11,14,16-17,23H,4,12-13,26H2,1-3H3. The Kier molecular flexibility index (Phi) is 6.02. The van der Waals surface area contributed by atoms with E-state index < -0.39 is 0 Å². The minimum absolute atomic E-state index is 0.0221. The van der Waals surface area contributed by atoms with E-state index in [9.17, 15) is 0 Å². The molecule has 5 rings (SSSR count). The van der Waals surface area contributed by atoms with Crippen LogP contribution in [0.25, 0.3) is 21.9 Å². The number of hydrogen-bond donors (Lipinski definition) is 1. The van der Waals surface area contributed by atoms with E-state index in [0.717, 1.165) is 34.2 Å². The molecule has 0 bridgehead atoms. The van der Waals surface area contributed by atoms with Crippen molar-refractivity contribution in [3.63, 3.8) is 0 Å². The molecule has 9 nitrogen and oxygen atoms in total. The number of methoxy groups -OCH3 is 2. The van der Waals surface area contributed by atoms with Crippen LogP contribution in [0.15, 0.2) is 48.9 Å². The summed E-state index contributed by atoms with van der Waals surface area (Å²) >= 11 is 0. The lowest BCUT2D eigenvalue weighted by Gasteiger charge is -2.23. The minimum Gasteiger partial charge on any atom is -0.493 e. The Morgan fingerprint density at radius 1 is 1.00 bits per heavy atom. The summed E-state index contributed by atoms with van der Waals surface area (Å²) in [6.45, 7) is 3.42. The lowest BCUT2D eigenvalue weighted by Crippen LogP contribution is -2.39. The van der Waals surface area contributed by atoms with Gasteiger partial charge in [-0.1, -0.05) is 19.1 Å². The van der Waals surface area contributed by atoms with Crippen molar-refractivity contribution in [1.82, 2.24) is 19.9 Å². The van der Waals surface area contributed by atoms with Crippen LogP contribution in [0.1, 0.15) is 13.3 Å². The number of hydrogen-bond acceptors (Lipinski definition) is 9. The van der Waals surface area contributed by atoms with E-state index in [2.05, 4.69) is 31.8 Å². The van der Waals surface area contributed by atoms with Gasteiger partial charge < -0.3 is 24.8 Å². The molecule has 3 unspecified atom stereocenters. The first-order valence-corrected chi connectivity index (χ1v) is 11.4. The Morgan fingerprint density at radius 3 is 2.53 bits per heavy atom. The van der Waals surface area contributed by atoms with Crippen LogP contribution in [-0.2, 0) is 0 Å². The van der Waals surface area contributed by atoms with E-state index in [4.69, 9.17) is 19.9 Å². The van der Waals surface area contributed by atoms with Gasteiger partial charge in [0.2, 0.25) is 5.88 Å². The largest absolute Gasteiger partial charge is 0.493 e. The van der Waals surface area contributed by atoms with Crippen LogP contribution in [0, 0.1) is 5.92 Å². The van der Waals surface area contributed by atoms with Gasteiger partial charge in [0.05, 0.1) is 43.5 Å². The smallest absolute Gasteiger partial charge is 0.233 e. The summed E-state index contributed by atoms with van der Waals surface area (Å²) in [7, 11) is 3.23. The Labute approximate surface area is 197 Å². The van der Waals surface area contributed by atoms with Crippen molar-refractivity contribution in [2.75, 3.05) is 32.2 Å². The summed E-state index contributed by atoms with van der Waals surface area (Å²) in [5, 5.41) is 0.884. The van der Waals surface area contributed by atoms with Gasteiger partial charge in [0.25, 0.3) is 0 Å². The van der Waals surface area contributed by atoms with E-state index in [0.29, 0.717) is 30.5 Å². The Hall–Kier alpha value is -3.72. The highest BCUT2D eigenvalue weighted by atomic mass is 16.5. The summed E-state index contributed by atoms with van der Waals surface area (Å²) in [5.74, 6) is 2.67. The number of nitrogens with zero attached hydrogens (tertiary/aromatic N) is 5. The molecule has 0 radical (unpaired) electrons. The quantitative estimate of drug-likeness (QED) is 0.445. The lowest BCUT2D eigenvalue weighted by molar-refractivity contribution is 0.150. The van der Waals surface area contributed by atoms with Crippen molar-refractivity contribution in [2.24, 2.45) is 11.7 Å². The first-order chi connectivity index (χ1) is 16.6. The highest BCUT2D eigenvalue weighted by Crippen LogP contribution is 2.37. The summed E-state index contributed by atoms with van der Waals surface area (Å²) < 4.78 is 17.3. The molecule has 2 aromatic carbocycles. The maximum absolute atomic E-state index is 6.54. The van der Waals surface area contributed by atoms with Crippen LogP contribution < -0.4 is 24.8 Å². The zero-order valence-corrected chi connectivity index (χ0v) is 19.5. The van der Waals surface area contributed by atoms with Crippen molar-refractivity contribution in [3.8, 4) is 17.4 Å². The predicted molar refractivity (Wildman–Crippen MR) is 131 cm³/mol. The van der Waals surface area contributed by atoms with Crippen LogP contribution in [0.5, 0.6) is 17.4 Å². The van der Waals surface area contributed by atoms with Gasteiger partial charge in [0.1, 0.15) is 18.2 Å². The zero-order chi connectivity index (χ0) is 23.7. The van der Waals surface area contributed by atoms with Crippen LogP contribution in [0.4, 0.5) is 5.82 Å². The molecule has 0 spiro atoms. The van der Waals surface area contributed by atoms with Gasteiger partial charge in [-0.2, -0.15) is 0 Å². The molecular formula is C25H28N6O3. The molecule has 2 N–H and O–H groups in total. The van der Waals surface area contributed by atoms with Gasteiger partial charge in [-0.25, -0.2) is 19.9 Å².